The van der Waals surface area contributed by atoms with Crippen molar-refractivity contribution in [3.63, 3.8) is 0 Å². The predicted molar refractivity (Wildman–Crippen MR) is 100 cm³/mol. The Morgan fingerprint density at radius 3 is 2.74 bits per heavy atom. The highest BCUT2D eigenvalue weighted by molar-refractivity contribution is 6.29. The molecule has 0 saturated heterocycles. The standard InChI is InChI=1S/C17H24ClN5O4/c1-5-21(9-13-6-7-15(18)19-8-13)16-14(23(25)26)10-22(11-20(16)3)12(2)17(24)27-4/h6-8,12H,5,9-11H2,1-4H3/t12-/m0/s1. The normalized spacial score (nSPS) is 16.3. The number of hydrogen-bond donors (Lipinski definition) is 0. The summed E-state index contributed by atoms with van der Waals surface area (Å²) in [4.78, 5) is 32.7. The molecule has 1 aliphatic rings. The number of esters is 1. The molecule has 10 heteroatoms. The number of pyridine rings is 1. The van der Waals surface area contributed by atoms with Gasteiger partial charge in [0.2, 0.25) is 0 Å². The molecule has 0 fully saturated rings. The Balaban J connectivity index is 2.33. The van der Waals surface area contributed by atoms with Crippen molar-refractivity contribution >= 4 is 17.6 Å². The van der Waals surface area contributed by atoms with Crippen molar-refractivity contribution in [2.45, 2.75) is 26.4 Å². The first-order valence-corrected chi connectivity index (χ1v) is 8.92. The summed E-state index contributed by atoms with van der Waals surface area (Å²) in [5, 5.41) is 12.2. The lowest BCUT2D eigenvalue weighted by Gasteiger charge is -2.40. The number of aromatic nitrogens is 1. The zero-order chi connectivity index (χ0) is 20.1. The Kier molecular flexibility index (Phi) is 6.98. The maximum Gasteiger partial charge on any atom is 0.322 e. The van der Waals surface area contributed by atoms with Gasteiger partial charge in [0.1, 0.15) is 11.2 Å². The molecular formula is C17H24ClN5O4. The molecule has 9 nitrogen and oxygen atoms in total. The van der Waals surface area contributed by atoms with E-state index in [0.717, 1.165) is 5.56 Å². The molecule has 27 heavy (non-hydrogen) atoms. The van der Waals surface area contributed by atoms with E-state index in [1.54, 1.807) is 36.0 Å². The number of rotatable bonds is 7. The van der Waals surface area contributed by atoms with E-state index >= 15 is 0 Å². The Hall–Kier alpha value is -2.39. The molecule has 1 aromatic heterocycles. The minimum atomic E-state index is -0.579. The third-order valence-corrected chi connectivity index (χ3v) is 4.74. The molecule has 1 aromatic rings. The van der Waals surface area contributed by atoms with E-state index in [1.807, 2.05) is 17.9 Å². The minimum Gasteiger partial charge on any atom is -0.468 e. The first-order chi connectivity index (χ1) is 12.8. The van der Waals surface area contributed by atoms with Crippen molar-refractivity contribution in [2.24, 2.45) is 0 Å². The van der Waals surface area contributed by atoms with Gasteiger partial charge in [-0.3, -0.25) is 19.8 Å². The van der Waals surface area contributed by atoms with Crippen LogP contribution in [0.3, 0.4) is 0 Å². The lowest BCUT2D eigenvalue weighted by molar-refractivity contribution is -0.434. The third-order valence-electron chi connectivity index (χ3n) is 4.52. The average molecular weight is 398 g/mol. The smallest absolute Gasteiger partial charge is 0.322 e. The number of halogens is 1. The van der Waals surface area contributed by atoms with Crippen LogP contribution in [0.1, 0.15) is 19.4 Å². The van der Waals surface area contributed by atoms with E-state index in [1.165, 1.54) is 7.11 Å². The number of nitrogens with zero attached hydrogens (tertiary/aromatic N) is 5. The monoisotopic (exact) mass is 397 g/mol. The molecule has 148 valence electrons. The molecule has 0 unspecified atom stereocenters. The van der Waals surface area contributed by atoms with Crippen molar-refractivity contribution in [1.82, 2.24) is 19.7 Å². The number of carbonyl (C=O) groups excluding carboxylic acids is 1. The first-order valence-electron chi connectivity index (χ1n) is 8.54. The Morgan fingerprint density at radius 2 is 2.22 bits per heavy atom. The zero-order valence-corrected chi connectivity index (χ0v) is 16.6. The molecule has 0 aliphatic carbocycles. The second-order valence-electron chi connectivity index (χ2n) is 6.32. The Morgan fingerprint density at radius 1 is 1.52 bits per heavy atom. The summed E-state index contributed by atoms with van der Waals surface area (Å²) in [5.74, 6) is 0.111. The molecule has 0 saturated carbocycles. The van der Waals surface area contributed by atoms with Crippen LogP contribution in [0.4, 0.5) is 0 Å². The quantitative estimate of drug-likeness (QED) is 0.297. The molecular weight excluding hydrogens is 374 g/mol. The molecule has 0 N–H and O–H groups in total. The van der Waals surface area contributed by atoms with Crippen LogP contribution in [0.5, 0.6) is 0 Å². The van der Waals surface area contributed by atoms with Crippen LogP contribution in [-0.4, -0.2) is 70.5 Å². The maximum atomic E-state index is 11.8. The van der Waals surface area contributed by atoms with E-state index < -0.39 is 12.0 Å². The molecule has 0 amide bonds. The summed E-state index contributed by atoms with van der Waals surface area (Å²) < 4.78 is 4.77. The van der Waals surface area contributed by atoms with Crippen LogP contribution in [0.2, 0.25) is 5.15 Å². The highest BCUT2D eigenvalue weighted by atomic mass is 35.5. The third kappa shape index (κ3) is 4.86. The van der Waals surface area contributed by atoms with E-state index in [0.29, 0.717) is 30.7 Å². The molecule has 2 rings (SSSR count). The summed E-state index contributed by atoms with van der Waals surface area (Å²) in [6.07, 6.45) is 1.66. The number of carbonyl (C=O) groups is 1. The lowest BCUT2D eigenvalue weighted by atomic mass is 10.2. The van der Waals surface area contributed by atoms with Gasteiger partial charge in [-0.1, -0.05) is 17.7 Å². The van der Waals surface area contributed by atoms with Gasteiger partial charge < -0.3 is 14.5 Å². The molecule has 2 heterocycles. The van der Waals surface area contributed by atoms with Crippen LogP contribution >= 0.6 is 11.6 Å². The van der Waals surface area contributed by atoms with Gasteiger partial charge in [0.15, 0.2) is 5.82 Å². The molecule has 1 aliphatic heterocycles. The number of nitro groups is 1. The summed E-state index contributed by atoms with van der Waals surface area (Å²) in [5.41, 5.74) is 0.943. The minimum absolute atomic E-state index is 0.0447. The Bertz CT molecular complexity index is 725. The SMILES string of the molecule is CCN(Cc1ccc(Cl)nc1)C1=C([N+](=O)[O-])CN([C@@H](C)C(=O)OC)CN1C. The van der Waals surface area contributed by atoms with Crippen LogP contribution in [0.15, 0.2) is 29.8 Å². The second kappa shape index (κ2) is 9.01. The van der Waals surface area contributed by atoms with E-state index in [4.69, 9.17) is 16.3 Å². The van der Waals surface area contributed by atoms with Gasteiger partial charge in [0, 0.05) is 26.3 Å². The summed E-state index contributed by atoms with van der Waals surface area (Å²) in [6.45, 7) is 5.08. The van der Waals surface area contributed by atoms with Crippen molar-refractivity contribution < 1.29 is 14.5 Å². The molecule has 0 spiro atoms. The molecule has 1 atom stereocenters. The molecule has 0 aromatic carbocycles. The van der Waals surface area contributed by atoms with E-state index in [9.17, 15) is 14.9 Å². The van der Waals surface area contributed by atoms with Gasteiger partial charge in [-0.05, 0) is 25.5 Å². The van der Waals surface area contributed by atoms with Crippen LogP contribution in [0.25, 0.3) is 0 Å². The van der Waals surface area contributed by atoms with Gasteiger partial charge in [-0.2, -0.15) is 0 Å². The van der Waals surface area contributed by atoms with Gasteiger partial charge >= 0.3 is 5.97 Å². The zero-order valence-electron chi connectivity index (χ0n) is 15.9. The van der Waals surface area contributed by atoms with Gasteiger partial charge in [0.05, 0.1) is 25.2 Å². The van der Waals surface area contributed by atoms with Crippen LogP contribution in [-0.2, 0) is 16.1 Å². The van der Waals surface area contributed by atoms with Gasteiger partial charge in [-0.15, -0.1) is 0 Å². The van der Waals surface area contributed by atoms with Crippen LogP contribution in [0, 0.1) is 10.1 Å². The first kappa shape index (κ1) is 20.9. The number of ether oxygens (including phenoxy) is 1. The van der Waals surface area contributed by atoms with Crippen molar-refractivity contribution in [1.29, 1.82) is 0 Å². The molecule has 0 bridgehead atoms. The molecule has 0 radical (unpaired) electrons. The Labute approximate surface area is 163 Å². The largest absolute Gasteiger partial charge is 0.468 e. The fraction of sp³-hybridized carbons (Fsp3) is 0.529. The summed E-state index contributed by atoms with van der Waals surface area (Å²) in [7, 11) is 3.08. The fourth-order valence-corrected chi connectivity index (χ4v) is 3.18. The maximum absolute atomic E-state index is 11.8. The van der Waals surface area contributed by atoms with Crippen molar-refractivity contribution in [2.75, 3.05) is 33.9 Å². The van der Waals surface area contributed by atoms with Crippen molar-refractivity contribution in [3.05, 3.63) is 50.7 Å². The van der Waals surface area contributed by atoms with E-state index in [-0.39, 0.29) is 17.2 Å². The highest BCUT2D eigenvalue weighted by Gasteiger charge is 2.37. The van der Waals surface area contributed by atoms with Crippen molar-refractivity contribution in [3.8, 4) is 0 Å². The predicted octanol–water partition coefficient (Wildman–Crippen LogP) is 1.77. The second-order valence-corrected chi connectivity index (χ2v) is 6.70. The fourth-order valence-electron chi connectivity index (χ4n) is 3.07. The summed E-state index contributed by atoms with van der Waals surface area (Å²) >= 11 is 5.83. The van der Waals surface area contributed by atoms with E-state index in [2.05, 4.69) is 4.98 Å². The highest BCUT2D eigenvalue weighted by Crippen LogP contribution is 2.25. The summed E-state index contributed by atoms with van der Waals surface area (Å²) in [6, 6.07) is 2.96. The lowest BCUT2D eigenvalue weighted by Crippen LogP contribution is -2.52. The number of methoxy groups -OCH3 is 1. The topological polar surface area (TPSA) is 92.0 Å². The van der Waals surface area contributed by atoms with Crippen LogP contribution < -0.4 is 0 Å². The average Bonchev–Trinajstić information content (AvgIpc) is 2.66. The number of hydrogen-bond acceptors (Lipinski definition) is 8. The van der Waals surface area contributed by atoms with Gasteiger partial charge in [0.25, 0.3) is 5.70 Å². The van der Waals surface area contributed by atoms with Gasteiger partial charge in [-0.25, -0.2) is 4.98 Å².